The highest BCUT2D eigenvalue weighted by atomic mass is 32.2. The summed E-state index contributed by atoms with van der Waals surface area (Å²) in [6, 6.07) is 9.67. The second-order valence-electron chi connectivity index (χ2n) is 4.60. The SMILES string of the molecule is O=C(O)CSCCNC(=O)Cc1cnn(-c2ccccc2)c1. The lowest BCUT2D eigenvalue weighted by Crippen LogP contribution is -2.27. The average Bonchev–Trinajstić information content (AvgIpc) is 2.96. The van der Waals surface area contributed by atoms with E-state index >= 15 is 0 Å². The largest absolute Gasteiger partial charge is 0.481 e. The van der Waals surface area contributed by atoms with Crippen molar-refractivity contribution in [2.75, 3.05) is 18.1 Å². The summed E-state index contributed by atoms with van der Waals surface area (Å²) >= 11 is 1.28. The van der Waals surface area contributed by atoms with Crippen LogP contribution >= 0.6 is 11.8 Å². The van der Waals surface area contributed by atoms with Gasteiger partial charge in [-0.3, -0.25) is 9.59 Å². The minimum absolute atomic E-state index is 0.0553. The van der Waals surface area contributed by atoms with E-state index in [2.05, 4.69) is 10.4 Å². The van der Waals surface area contributed by atoms with Crippen LogP contribution in [0, 0.1) is 0 Å². The van der Waals surface area contributed by atoms with Gasteiger partial charge < -0.3 is 10.4 Å². The minimum Gasteiger partial charge on any atom is -0.481 e. The number of aliphatic carboxylic acids is 1. The third-order valence-electron chi connectivity index (χ3n) is 2.82. The molecule has 0 bridgehead atoms. The van der Waals surface area contributed by atoms with Gasteiger partial charge in [0.2, 0.25) is 5.91 Å². The van der Waals surface area contributed by atoms with E-state index in [1.165, 1.54) is 11.8 Å². The third kappa shape index (κ3) is 5.25. The Morgan fingerprint density at radius 2 is 2.05 bits per heavy atom. The van der Waals surface area contributed by atoms with Crippen molar-refractivity contribution in [2.24, 2.45) is 0 Å². The number of hydrogen-bond acceptors (Lipinski definition) is 4. The number of carbonyl (C=O) groups is 2. The first-order chi connectivity index (χ1) is 10.6. The van der Waals surface area contributed by atoms with Crippen LogP contribution in [0.2, 0.25) is 0 Å². The maximum atomic E-state index is 11.8. The molecule has 0 atom stereocenters. The smallest absolute Gasteiger partial charge is 0.313 e. The molecule has 1 aromatic heterocycles. The van der Waals surface area contributed by atoms with E-state index in [-0.39, 0.29) is 18.1 Å². The number of carboxylic acid groups (broad SMARTS) is 1. The van der Waals surface area contributed by atoms with E-state index < -0.39 is 5.97 Å². The molecule has 0 aliphatic heterocycles. The number of nitrogens with one attached hydrogen (secondary N) is 1. The van der Waals surface area contributed by atoms with Gasteiger partial charge >= 0.3 is 5.97 Å². The molecular formula is C15H17N3O3S. The van der Waals surface area contributed by atoms with Gasteiger partial charge in [-0.1, -0.05) is 18.2 Å². The Hall–Kier alpha value is -2.28. The first kappa shape index (κ1) is 16.1. The fourth-order valence-corrected chi connectivity index (χ4v) is 2.41. The van der Waals surface area contributed by atoms with Crippen molar-refractivity contribution in [3.8, 4) is 5.69 Å². The number of carbonyl (C=O) groups excluding carboxylic acids is 1. The Balaban J connectivity index is 1.76. The van der Waals surface area contributed by atoms with E-state index in [0.717, 1.165) is 11.3 Å². The van der Waals surface area contributed by atoms with Crippen LogP contribution < -0.4 is 5.32 Å². The highest BCUT2D eigenvalue weighted by Gasteiger charge is 2.06. The zero-order valence-electron chi connectivity index (χ0n) is 11.9. The molecular weight excluding hydrogens is 302 g/mol. The summed E-state index contributed by atoms with van der Waals surface area (Å²) in [6.45, 7) is 0.462. The molecule has 6 nitrogen and oxygen atoms in total. The molecule has 2 N–H and O–H groups in total. The standard InChI is InChI=1S/C15H17N3O3S/c19-14(16-6-7-22-11-15(20)21)8-12-9-17-18(10-12)13-4-2-1-3-5-13/h1-5,9-10H,6-8,11H2,(H,16,19)(H,20,21). The predicted molar refractivity (Wildman–Crippen MR) is 85.2 cm³/mol. The van der Waals surface area contributed by atoms with Gasteiger partial charge in [0.1, 0.15) is 0 Å². The van der Waals surface area contributed by atoms with Crippen LogP contribution in [0.25, 0.3) is 5.69 Å². The van der Waals surface area contributed by atoms with E-state index in [1.807, 2.05) is 36.5 Å². The molecule has 2 aromatic rings. The summed E-state index contributed by atoms with van der Waals surface area (Å²) in [5.74, 6) is -0.297. The van der Waals surface area contributed by atoms with Crippen LogP contribution in [0.15, 0.2) is 42.7 Å². The highest BCUT2D eigenvalue weighted by Crippen LogP contribution is 2.08. The quantitative estimate of drug-likeness (QED) is 0.718. The first-order valence-corrected chi connectivity index (χ1v) is 7.96. The number of aromatic nitrogens is 2. The van der Waals surface area contributed by atoms with E-state index in [9.17, 15) is 9.59 Å². The van der Waals surface area contributed by atoms with E-state index in [4.69, 9.17) is 5.11 Å². The van der Waals surface area contributed by atoms with E-state index in [0.29, 0.717) is 12.3 Å². The number of benzene rings is 1. The van der Waals surface area contributed by atoms with Crippen LogP contribution in [0.3, 0.4) is 0 Å². The fourth-order valence-electron chi connectivity index (χ4n) is 1.84. The van der Waals surface area contributed by atoms with Gasteiger partial charge in [-0.05, 0) is 17.7 Å². The second kappa shape index (κ2) is 8.23. The molecule has 116 valence electrons. The molecule has 0 radical (unpaired) electrons. The van der Waals surface area contributed by atoms with Crippen molar-refractivity contribution >= 4 is 23.6 Å². The van der Waals surface area contributed by atoms with Gasteiger partial charge in [0, 0.05) is 18.5 Å². The molecule has 22 heavy (non-hydrogen) atoms. The lowest BCUT2D eigenvalue weighted by molar-refractivity contribution is -0.133. The van der Waals surface area contributed by atoms with Gasteiger partial charge in [-0.25, -0.2) is 4.68 Å². The summed E-state index contributed by atoms with van der Waals surface area (Å²) in [4.78, 5) is 22.1. The second-order valence-corrected chi connectivity index (χ2v) is 5.71. The van der Waals surface area contributed by atoms with Crippen molar-refractivity contribution in [3.05, 3.63) is 48.3 Å². The summed E-state index contributed by atoms with van der Waals surface area (Å²) in [7, 11) is 0. The first-order valence-electron chi connectivity index (χ1n) is 6.80. The zero-order valence-corrected chi connectivity index (χ0v) is 12.8. The summed E-state index contributed by atoms with van der Waals surface area (Å²) < 4.78 is 1.73. The van der Waals surface area contributed by atoms with Crippen LogP contribution in [0.5, 0.6) is 0 Å². The molecule has 0 saturated heterocycles. The highest BCUT2D eigenvalue weighted by molar-refractivity contribution is 7.99. The molecule has 1 amide bonds. The molecule has 1 aromatic carbocycles. The monoisotopic (exact) mass is 319 g/mol. The van der Waals surface area contributed by atoms with Crippen LogP contribution in [-0.2, 0) is 16.0 Å². The maximum absolute atomic E-state index is 11.8. The van der Waals surface area contributed by atoms with Gasteiger partial charge in [0.15, 0.2) is 0 Å². The van der Waals surface area contributed by atoms with Gasteiger partial charge in [0.25, 0.3) is 0 Å². The summed E-state index contributed by atoms with van der Waals surface area (Å²) in [6.07, 6.45) is 3.76. The van der Waals surface area contributed by atoms with Gasteiger partial charge in [-0.2, -0.15) is 5.10 Å². The maximum Gasteiger partial charge on any atom is 0.313 e. The van der Waals surface area contributed by atoms with Crippen LogP contribution in [0.4, 0.5) is 0 Å². The molecule has 2 rings (SSSR count). The van der Waals surface area contributed by atoms with Crippen LogP contribution in [-0.4, -0.2) is 44.8 Å². The van der Waals surface area contributed by atoms with Crippen molar-refractivity contribution in [2.45, 2.75) is 6.42 Å². The summed E-state index contributed by atoms with van der Waals surface area (Å²) in [5, 5.41) is 15.5. The molecule has 0 saturated carbocycles. The average molecular weight is 319 g/mol. The topological polar surface area (TPSA) is 84.2 Å². The lowest BCUT2D eigenvalue weighted by Gasteiger charge is -2.03. The Kier molecular flexibility index (Phi) is 6.02. The Morgan fingerprint density at radius 3 is 2.77 bits per heavy atom. The number of rotatable bonds is 8. The molecule has 0 unspecified atom stereocenters. The zero-order chi connectivity index (χ0) is 15.8. The molecule has 0 aliphatic carbocycles. The minimum atomic E-state index is -0.843. The van der Waals surface area contributed by atoms with Gasteiger partial charge in [0.05, 0.1) is 24.1 Å². The van der Waals surface area contributed by atoms with Crippen molar-refractivity contribution < 1.29 is 14.7 Å². The molecule has 0 aliphatic rings. The van der Waals surface area contributed by atoms with E-state index in [1.54, 1.807) is 10.9 Å². The normalized spacial score (nSPS) is 10.4. The molecule has 7 heteroatoms. The van der Waals surface area contributed by atoms with Crippen molar-refractivity contribution in [1.82, 2.24) is 15.1 Å². The van der Waals surface area contributed by atoms with Crippen molar-refractivity contribution in [1.29, 1.82) is 0 Å². The molecule has 1 heterocycles. The number of nitrogens with zero attached hydrogens (tertiary/aromatic N) is 2. The fraction of sp³-hybridized carbons (Fsp3) is 0.267. The number of para-hydroxylation sites is 1. The van der Waals surface area contributed by atoms with Crippen molar-refractivity contribution in [3.63, 3.8) is 0 Å². The molecule has 0 spiro atoms. The number of amides is 1. The lowest BCUT2D eigenvalue weighted by atomic mass is 10.2. The Labute approximate surface area is 132 Å². The summed E-state index contributed by atoms with van der Waals surface area (Å²) in [5.41, 5.74) is 1.78. The number of thioether (sulfide) groups is 1. The van der Waals surface area contributed by atoms with Gasteiger partial charge in [-0.15, -0.1) is 11.8 Å². The predicted octanol–water partition coefficient (Wildman–Crippen LogP) is 1.35. The number of hydrogen-bond donors (Lipinski definition) is 2. The Morgan fingerprint density at radius 1 is 1.27 bits per heavy atom. The number of carboxylic acids is 1. The Bertz CT molecular complexity index is 628. The molecule has 0 fully saturated rings. The third-order valence-corrected chi connectivity index (χ3v) is 3.76. The van der Waals surface area contributed by atoms with Crippen LogP contribution in [0.1, 0.15) is 5.56 Å².